The van der Waals surface area contributed by atoms with Gasteiger partial charge in [-0.15, -0.1) is 0 Å². The molecule has 1 aliphatic rings. The Morgan fingerprint density at radius 1 is 0.966 bits per heavy atom. The van der Waals surface area contributed by atoms with Crippen molar-refractivity contribution in [2.24, 2.45) is 0 Å². The van der Waals surface area contributed by atoms with Crippen LogP contribution >= 0.6 is 0 Å². The molecule has 1 saturated heterocycles. The molecule has 0 radical (unpaired) electrons. The van der Waals surface area contributed by atoms with Crippen molar-refractivity contribution in [2.75, 3.05) is 26.7 Å². The SMILES string of the molecule is CNC(=O)CCCCN(C(=O)OC(C)(C)C)C1CCN(C(=O)OC(C)(C)C)CC1. The van der Waals surface area contributed by atoms with Gasteiger partial charge in [0.25, 0.3) is 0 Å². The molecule has 0 aromatic rings. The number of unbranched alkanes of at least 4 members (excludes halogenated alkanes) is 1. The maximum absolute atomic E-state index is 12.8. The van der Waals surface area contributed by atoms with Gasteiger partial charge in [0.15, 0.2) is 0 Å². The fourth-order valence-corrected chi connectivity index (χ4v) is 3.12. The lowest BCUT2D eigenvalue weighted by Crippen LogP contribution is -2.51. The van der Waals surface area contributed by atoms with E-state index in [0.29, 0.717) is 45.3 Å². The van der Waals surface area contributed by atoms with Crippen LogP contribution in [0.5, 0.6) is 0 Å². The van der Waals surface area contributed by atoms with Crippen molar-refractivity contribution in [1.82, 2.24) is 15.1 Å². The number of hydrogen-bond acceptors (Lipinski definition) is 5. The van der Waals surface area contributed by atoms with Gasteiger partial charge in [0, 0.05) is 39.1 Å². The van der Waals surface area contributed by atoms with E-state index in [1.54, 1.807) is 16.8 Å². The molecule has 168 valence electrons. The van der Waals surface area contributed by atoms with E-state index in [9.17, 15) is 14.4 Å². The van der Waals surface area contributed by atoms with E-state index < -0.39 is 11.2 Å². The standard InChI is InChI=1S/C21H39N3O5/c1-20(2,3)28-18(26)23-14-11-16(12-15-23)24(19(27)29-21(4,5)6)13-9-8-10-17(25)22-7/h16H,8-15H2,1-7H3,(H,22,25). The Labute approximate surface area is 175 Å². The molecule has 1 heterocycles. The van der Waals surface area contributed by atoms with E-state index >= 15 is 0 Å². The zero-order valence-electron chi connectivity index (χ0n) is 19.2. The van der Waals surface area contributed by atoms with Crippen molar-refractivity contribution >= 4 is 18.1 Å². The molecular weight excluding hydrogens is 374 g/mol. The van der Waals surface area contributed by atoms with E-state index in [2.05, 4.69) is 5.32 Å². The van der Waals surface area contributed by atoms with Gasteiger partial charge in [0.2, 0.25) is 5.91 Å². The van der Waals surface area contributed by atoms with E-state index in [0.717, 1.165) is 6.42 Å². The van der Waals surface area contributed by atoms with Crippen molar-refractivity contribution < 1.29 is 23.9 Å². The molecule has 0 aromatic carbocycles. The summed E-state index contributed by atoms with van der Waals surface area (Å²) in [6.07, 6.45) is 2.56. The fourth-order valence-electron chi connectivity index (χ4n) is 3.12. The molecule has 8 heteroatoms. The predicted octanol–water partition coefficient (Wildman–Crippen LogP) is 3.54. The van der Waals surface area contributed by atoms with Gasteiger partial charge in [-0.1, -0.05) is 0 Å². The molecule has 1 fully saturated rings. The number of likely N-dealkylation sites (tertiary alicyclic amines) is 1. The summed E-state index contributed by atoms with van der Waals surface area (Å²) >= 11 is 0. The number of carbonyl (C=O) groups excluding carboxylic acids is 3. The largest absolute Gasteiger partial charge is 0.444 e. The molecule has 0 aliphatic carbocycles. The predicted molar refractivity (Wildman–Crippen MR) is 112 cm³/mol. The first-order chi connectivity index (χ1) is 13.3. The summed E-state index contributed by atoms with van der Waals surface area (Å²) in [7, 11) is 1.62. The summed E-state index contributed by atoms with van der Waals surface area (Å²) in [4.78, 5) is 39.9. The Morgan fingerprint density at radius 2 is 1.52 bits per heavy atom. The second-order valence-corrected chi connectivity index (χ2v) is 9.50. The maximum atomic E-state index is 12.8. The van der Waals surface area contributed by atoms with Crippen LogP contribution in [0.1, 0.15) is 73.6 Å². The molecule has 0 saturated carbocycles. The highest BCUT2D eigenvalue weighted by Crippen LogP contribution is 2.22. The highest BCUT2D eigenvalue weighted by atomic mass is 16.6. The van der Waals surface area contributed by atoms with Gasteiger partial charge in [-0.05, 0) is 67.2 Å². The molecule has 1 rings (SSSR count). The number of nitrogens with one attached hydrogen (secondary N) is 1. The number of nitrogens with zero attached hydrogens (tertiary/aromatic N) is 2. The first-order valence-corrected chi connectivity index (χ1v) is 10.5. The zero-order chi connectivity index (χ0) is 22.2. The summed E-state index contributed by atoms with van der Waals surface area (Å²) in [5, 5.41) is 2.61. The minimum Gasteiger partial charge on any atom is -0.444 e. The Kier molecular flexibility index (Phi) is 9.23. The van der Waals surface area contributed by atoms with Gasteiger partial charge in [0.05, 0.1) is 0 Å². The topological polar surface area (TPSA) is 88.2 Å². The minimum absolute atomic E-state index is 0.000475. The van der Waals surface area contributed by atoms with Crippen LogP contribution in [0.15, 0.2) is 0 Å². The van der Waals surface area contributed by atoms with Crippen LogP contribution in [0.2, 0.25) is 0 Å². The van der Waals surface area contributed by atoms with Crippen molar-refractivity contribution in [2.45, 2.75) is 90.9 Å². The van der Waals surface area contributed by atoms with Gasteiger partial charge < -0.3 is 24.6 Å². The average Bonchev–Trinajstić information content (AvgIpc) is 2.58. The average molecular weight is 414 g/mol. The van der Waals surface area contributed by atoms with E-state index in [4.69, 9.17) is 9.47 Å². The lowest BCUT2D eigenvalue weighted by Gasteiger charge is -2.39. The normalized spacial score (nSPS) is 15.6. The molecule has 0 spiro atoms. The monoisotopic (exact) mass is 413 g/mol. The number of hydrogen-bond donors (Lipinski definition) is 1. The summed E-state index contributed by atoms with van der Waals surface area (Å²) in [5.41, 5.74) is -1.10. The van der Waals surface area contributed by atoms with Crippen molar-refractivity contribution in [3.63, 3.8) is 0 Å². The summed E-state index contributed by atoms with van der Waals surface area (Å²) in [5.74, 6) is -0.000475. The van der Waals surface area contributed by atoms with Crippen LogP contribution in [-0.2, 0) is 14.3 Å². The third-order valence-electron chi connectivity index (χ3n) is 4.52. The lowest BCUT2D eigenvalue weighted by atomic mass is 10.0. The molecule has 0 bridgehead atoms. The number of ether oxygens (including phenoxy) is 2. The van der Waals surface area contributed by atoms with Crippen LogP contribution in [0.4, 0.5) is 9.59 Å². The molecule has 0 aromatic heterocycles. The van der Waals surface area contributed by atoms with E-state index in [1.807, 2.05) is 41.5 Å². The Hall–Kier alpha value is -1.99. The molecule has 29 heavy (non-hydrogen) atoms. The van der Waals surface area contributed by atoms with Crippen molar-refractivity contribution in [3.8, 4) is 0 Å². The van der Waals surface area contributed by atoms with Crippen molar-refractivity contribution in [1.29, 1.82) is 0 Å². The molecule has 8 nitrogen and oxygen atoms in total. The second kappa shape index (κ2) is 10.7. The molecule has 0 atom stereocenters. The molecule has 1 aliphatic heterocycles. The smallest absolute Gasteiger partial charge is 0.410 e. The third kappa shape index (κ3) is 9.85. The Balaban J connectivity index is 2.67. The minimum atomic E-state index is -0.575. The Bertz CT molecular complexity index is 558. The Morgan fingerprint density at radius 3 is 2.00 bits per heavy atom. The zero-order valence-corrected chi connectivity index (χ0v) is 19.2. The van der Waals surface area contributed by atoms with Gasteiger partial charge in [-0.2, -0.15) is 0 Å². The maximum Gasteiger partial charge on any atom is 0.410 e. The third-order valence-corrected chi connectivity index (χ3v) is 4.52. The summed E-state index contributed by atoms with van der Waals surface area (Å²) in [6, 6.07) is 0.00328. The van der Waals surface area contributed by atoms with Gasteiger partial charge in [-0.25, -0.2) is 9.59 Å². The lowest BCUT2D eigenvalue weighted by molar-refractivity contribution is -0.120. The van der Waals surface area contributed by atoms with Crippen LogP contribution in [-0.4, -0.2) is 71.8 Å². The molecular formula is C21H39N3O5. The second-order valence-electron chi connectivity index (χ2n) is 9.50. The number of rotatable bonds is 6. The molecule has 0 unspecified atom stereocenters. The van der Waals surface area contributed by atoms with Crippen LogP contribution in [0.3, 0.4) is 0 Å². The van der Waals surface area contributed by atoms with Gasteiger partial charge in [0.1, 0.15) is 11.2 Å². The number of amides is 3. The van der Waals surface area contributed by atoms with Gasteiger partial charge >= 0.3 is 12.2 Å². The molecule has 3 amide bonds. The highest BCUT2D eigenvalue weighted by Gasteiger charge is 2.33. The summed E-state index contributed by atoms with van der Waals surface area (Å²) < 4.78 is 11.0. The molecule has 1 N–H and O–H groups in total. The first kappa shape index (κ1) is 25.0. The summed E-state index contributed by atoms with van der Waals surface area (Å²) in [6.45, 7) is 12.7. The van der Waals surface area contributed by atoms with Crippen LogP contribution in [0, 0.1) is 0 Å². The quantitative estimate of drug-likeness (QED) is 0.673. The highest BCUT2D eigenvalue weighted by molar-refractivity contribution is 5.75. The van der Waals surface area contributed by atoms with Crippen LogP contribution < -0.4 is 5.32 Å². The fraction of sp³-hybridized carbons (Fsp3) is 0.857. The van der Waals surface area contributed by atoms with Crippen molar-refractivity contribution in [3.05, 3.63) is 0 Å². The van der Waals surface area contributed by atoms with E-state index in [1.165, 1.54) is 0 Å². The van der Waals surface area contributed by atoms with E-state index in [-0.39, 0.29) is 24.1 Å². The number of carbonyl (C=O) groups is 3. The van der Waals surface area contributed by atoms with Gasteiger partial charge in [-0.3, -0.25) is 4.79 Å². The first-order valence-electron chi connectivity index (χ1n) is 10.5. The van der Waals surface area contributed by atoms with Crippen LogP contribution in [0.25, 0.3) is 0 Å². The number of piperidine rings is 1.